The highest BCUT2D eigenvalue weighted by atomic mass is 32.1. The summed E-state index contributed by atoms with van der Waals surface area (Å²) in [5.41, 5.74) is 1.14. The van der Waals surface area contributed by atoms with Gasteiger partial charge in [0.05, 0.1) is 47.4 Å². The van der Waals surface area contributed by atoms with Crippen LogP contribution in [0.25, 0.3) is 32.1 Å². The number of halogens is 6. The number of hydrogen-bond acceptors (Lipinski definition) is 12. The minimum Gasteiger partial charge on any atom is -0.534 e. The standard InChI is InChI=1S/2C37H33F3N2O4SSi/c1-36(2,3)48(27-14-7-5-8-15-27,28-16-9-6-10-17-28)46-26-19-20-31-30(21-26)41-24-42(31)33-22-32(34(47-33)35(43)44-4)45-23-25-13-11-12-18-29(25)37(38,39)40;1-36(2,3)48(27-14-7-5-8-15-27,28-16-9-6-10-17-28)46-26-19-20-30-31(21-26)42(24-41-30)33-22-32(34(47-33)35(43)44-4)45-23-25-13-11-12-18-29(25)37(38,39)40/h2*5-22,24H,23H2,1-4H3. The fourth-order valence-electron chi connectivity index (χ4n) is 11.9. The van der Waals surface area contributed by atoms with Crippen LogP contribution in [0, 0.1) is 0 Å². The van der Waals surface area contributed by atoms with Gasteiger partial charge in [0, 0.05) is 35.4 Å². The molecular weight excluding hydrogens is 1310 g/mol. The van der Waals surface area contributed by atoms with Crippen LogP contribution in [0.4, 0.5) is 26.3 Å². The van der Waals surface area contributed by atoms with Crippen molar-refractivity contribution in [3.63, 3.8) is 0 Å². The van der Waals surface area contributed by atoms with E-state index in [4.69, 9.17) is 27.8 Å². The second kappa shape index (κ2) is 27.5. The molecule has 0 unspecified atom stereocenters. The summed E-state index contributed by atoms with van der Waals surface area (Å²) in [6.45, 7) is 12.5. The number of nitrogens with zero attached hydrogens (tertiary/aromatic N) is 4. The first-order chi connectivity index (χ1) is 45.8. The van der Waals surface area contributed by atoms with Crippen LogP contribution in [0.15, 0.2) is 231 Å². The summed E-state index contributed by atoms with van der Waals surface area (Å²) in [5, 5.41) is 5.21. The van der Waals surface area contributed by atoms with Gasteiger partial charge in [0.15, 0.2) is 9.75 Å². The average molecular weight is 1370 g/mol. The van der Waals surface area contributed by atoms with Crippen molar-refractivity contribution in [1.82, 2.24) is 19.1 Å². The van der Waals surface area contributed by atoms with E-state index in [0.29, 0.717) is 32.5 Å². The van der Waals surface area contributed by atoms with Crippen LogP contribution >= 0.6 is 22.7 Å². The van der Waals surface area contributed by atoms with Crippen LogP contribution in [0.5, 0.6) is 23.0 Å². The number of methoxy groups -OCH3 is 2. The Hall–Kier alpha value is -9.75. The molecule has 4 aromatic heterocycles. The molecule has 492 valence electrons. The Balaban J connectivity index is 0.000000195. The third-order valence-electron chi connectivity index (χ3n) is 16.4. The van der Waals surface area contributed by atoms with Gasteiger partial charge in [0.1, 0.15) is 58.9 Å². The van der Waals surface area contributed by atoms with Gasteiger partial charge < -0.3 is 27.8 Å². The lowest BCUT2D eigenvalue weighted by molar-refractivity contribution is -0.139. The lowest BCUT2D eigenvalue weighted by atomic mass is 10.1. The number of thiophene rings is 2. The molecule has 0 bridgehead atoms. The zero-order valence-electron chi connectivity index (χ0n) is 53.5. The molecule has 96 heavy (non-hydrogen) atoms. The molecule has 12 nitrogen and oxygen atoms in total. The molecule has 0 radical (unpaired) electrons. The minimum absolute atomic E-state index is 0.0462. The molecule has 12 aromatic rings. The molecule has 0 aliphatic rings. The first-order valence-electron chi connectivity index (χ1n) is 30.4. The van der Waals surface area contributed by atoms with E-state index in [1.807, 2.05) is 109 Å². The fraction of sp³-hybridized carbons (Fsp3) is 0.189. The highest BCUT2D eigenvalue weighted by Gasteiger charge is 2.53. The Kier molecular flexibility index (Phi) is 19.4. The van der Waals surface area contributed by atoms with E-state index >= 15 is 0 Å². The predicted octanol–water partition coefficient (Wildman–Crippen LogP) is 16.8. The Bertz CT molecular complexity index is 4620. The number of fused-ring (bicyclic) bond motifs is 2. The van der Waals surface area contributed by atoms with E-state index in [9.17, 15) is 35.9 Å². The lowest BCUT2D eigenvalue weighted by Crippen LogP contribution is -2.68. The van der Waals surface area contributed by atoms with E-state index in [1.165, 1.54) is 50.6 Å². The Morgan fingerprint density at radius 2 is 0.781 bits per heavy atom. The molecule has 0 amide bonds. The Labute approximate surface area is 561 Å². The van der Waals surface area contributed by atoms with Crippen LogP contribution in [-0.2, 0) is 35.0 Å². The summed E-state index contributed by atoms with van der Waals surface area (Å²) >= 11 is 2.19. The smallest absolute Gasteiger partial charge is 0.416 e. The predicted molar refractivity (Wildman–Crippen MR) is 369 cm³/mol. The SMILES string of the molecule is COC(=O)c1sc(-n2cnc3cc(O[Si](c4ccccc4)(c4ccccc4)C(C)(C)C)ccc32)cc1OCc1ccccc1C(F)(F)F.COC(=O)c1sc(-n2cnc3ccc(O[Si](c4ccccc4)(c4ccccc4)C(C)(C)C)cc32)cc1OCc1ccccc1C(F)(F)F. The molecule has 0 aliphatic carbocycles. The van der Waals surface area contributed by atoms with Gasteiger partial charge in [-0.05, 0) is 67.2 Å². The molecule has 0 spiro atoms. The number of hydrogen-bond donors (Lipinski definition) is 0. The number of rotatable bonds is 18. The van der Waals surface area contributed by atoms with Gasteiger partial charge in [-0.15, -0.1) is 22.7 Å². The van der Waals surface area contributed by atoms with Crippen molar-refractivity contribution in [3.8, 4) is 33.0 Å². The van der Waals surface area contributed by atoms with Crippen LogP contribution < -0.4 is 39.1 Å². The zero-order valence-corrected chi connectivity index (χ0v) is 57.1. The number of benzene rings is 8. The topological polar surface area (TPSA) is 125 Å². The maximum Gasteiger partial charge on any atom is 0.416 e. The van der Waals surface area contributed by atoms with Gasteiger partial charge >= 0.3 is 40.9 Å². The second-order valence-corrected chi connectivity index (χ2v) is 35.0. The average Bonchev–Trinajstić information content (AvgIpc) is 0.840. The van der Waals surface area contributed by atoms with Crippen molar-refractivity contribution >= 4 is 94.1 Å². The van der Waals surface area contributed by atoms with Crippen molar-refractivity contribution in [2.75, 3.05) is 14.2 Å². The van der Waals surface area contributed by atoms with E-state index in [0.717, 1.165) is 66.6 Å². The fourth-order valence-corrected chi connectivity index (χ4v) is 22.7. The van der Waals surface area contributed by atoms with Gasteiger partial charge in [-0.25, -0.2) is 19.6 Å². The van der Waals surface area contributed by atoms with Crippen molar-refractivity contribution in [3.05, 3.63) is 263 Å². The number of imidazole rings is 2. The first kappa shape index (κ1) is 67.7. The molecule has 4 heterocycles. The second-order valence-electron chi connectivity index (χ2n) is 24.5. The molecule has 0 aliphatic heterocycles. The molecule has 0 saturated heterocycles. The number of esters is 2. The van der Waals surface area contributed by atoms with Gasteiger partial charge in [-0.3, -0.25) is 9.13 Å². The monoisotopic (exact) mass is 1370 g/mol. The van der Waals surface area contributed by atoms with Gasteiger partial charge in [-0.2, -0.15) is 26.3 Å². The van der Waals surface area contributed by atoms with Crippen molar-refractivity contribution < 1.29 is 63.7 Å². The number of carbonyl (C=O) groups excluding carboxylic acids is 2. The summed E-state index contributed by atoms with van der Waals surface area (Å²) in [7, 11) is -3.33. The minimum atomic E-state index is -4.55. The van der Waals surface area contributed by atoms with E-state index < -0.39 is 58.7 Å². The van der Waals surface area contributed by atoms with E-state index in [-0.39, 0.29) is 49.1 Å². The molecule has 12 rings (SSSR count). The first-order valence-corrected chi connectivity index (χ1v) is 35.8. The normalized spacial score (nSPS) is 12.2. The van der Waals surface area contributed by atoms with Crippen LogP contribution in [-0.4, -0.2) is 61.9 Å². The zero-order chi connectivity index (χ0) is 68.2. The number of carbonyl (C=O) groups is 2. The van der Waals surface area contributed by atoms with Crippen molar-refractivity contribution in [2.24, 2.45) is 0 Å². The summed E-state index contributed by atoms with van der Waals surface area (Å²) in [4.78, 5) is 35.0. The third kappa shape index (κ3) is 13.7. The highest BCUT2D eigenvalue weighted by Crippen LogP contribution is 2.43. The molecular formula is C74H66F6N4O8S2Si2. The maximum atomic E-state index is 13.6. The molecule has 22 heteroatoms. The van der Waals surface area contributed by atoms with Gasteiger partial charge in [-0.1, -0.05) is 199 Å². The van der Waals surface area contributed by atoms with Crippen molar-refractivity contribution in [2.45, 2.75) is 77.2 Å². The van der Waals surface area contributed by atoms with E-state index in [1.54, 1.807) is 33.9 Å². The number of aromatic nitrogens is 4. The molecule has 0 fully saturated rings. The van der Waals surface area contributed by atoms with Gasteiger partial charge in [0.25, 0.3) is 0 Å². The Morgan fingerprint density at radius 1 is 0.427 bits per heavy atom. The Morgan fingerprint density at radius 3 is 1.17 bits per heavy atom. The van der Waals surface area contributed by atoms with Crippen molar-refractivity contribution in [1.29, 1.82) is 0 Å². The third-order valence-corrected chi connectivity index (χ3v) is 28.5. The number of ether oxygens (including phenoxy) is 4. The molecule has 0 saturated carbocycles. The van der Waals surface area contributed by atoms with E-state index in [2.05, 4.69) is 100 Å². The molecule has 0 atom stereocenters. The lowest BCUT2D eigenvalue weighted by Gasteiger charge is -2.43. The number of alkyl halides is 6. The largest absolute Gasteiger partial charge is 0.534 e. The van der Waals surface area contributed by atoms with Gasteiger partial charge in [0.2, 0.25) is 0 Å². The summed E-state index contributed by atoms with van der Waals surface area (Å²) < 4.78 is 121. The molecule has 8 aromatic carbocycles. The van der Waals surface area contributed by atoms with Crippen LogP contribution in [0.3, 0.4) is 0 Å². The maximum absolute atomic E-state index is 13.6. The quantitative estimate of drug-likeness (QED) is 0.0466. The molecule has 0 N–H and O–H groups in total. The highest BCUT2D eigenvalue weighted by molar-refractivity contribution is 7.17. The summed E-state index contributed by atoms with van der Waals surface area (Å²) in [5.74, 6) is 0.244. The van der Waals surface area contributed by atoms with Crippen LogP contribution in [0.2, 0.25) is 10.1 Å². The summed E-state index contributed by atoms with van der Waals surface area (Å²) in [6.07, 6.45) is -5.82. The van der Waals surface area contributed by atoms with Crippen LogP contribution in [0.1, 0.15) is 83.1 Å². The summed E-state index contributed by atoms with van der Waals surface area (Å²) in [6, 6.07) is 66.4.